The molecule has 1 aromatic rings. The number of piperidine rings is 1. The average molecular weight is 232 g/mol. The van der Waals surface area contributed by atoms with E-state index in [1.165, 1.54) is 16.8 Å². The van der Waals surface area contributed by atoms with E-state index in [1.54, 1.807) is 0 Å². The van der Waals surface area contributed by atoms with Crippen LogP contribution >= 0.6 is 0 Å². The lowest BCUT2D eigenvalue weighted by Crippen LogP contribution is -2.53. The Kier molecular flexibility index (Phi) is 3.17. The maximum absolute atomic E-state index is 6.08. The van der Waals surface area contributed by atoms with Crippen LogP contribution in [0.5, 0.6) is 0 Å². The standard InChI is InChI=1S/C15H24N2/c1-11-5-6-14(9-12(11)2)17-8-7-13(16)10-15(17,3)4/h5-6,9,13H,7-8,10,16H2,1-4H3. The fraction of sp³-hybridized carbons (Fsp3) is 0.600. The summed E-state index contributed by atoms with van der Waals surface area (Å²) in [5.41, 5.74) is 10.3. The van der Waals surface area contributed by atoms with Crippen molar-refractivity contribution in [3.63, 3.8) is 0 Å². The molecule has 1 aromatic carbocycles. The molecule has 0 aliphatic carbocycles. The highest BCUT2D eigenvalue weighted by atomic mass is 15.2. The molecule has 0 saturated carbocycles. The normalized spacial score (nSPS) is 23.8. The van der Waals surface area contributed by atoms with Gasteiger partial charge in [-0.15, -0.1) is 0 Å². The first-order valence-electron chi connectivity index (χ1n) is 6.50. The molecule has 2 heteroatoms. The van der Waals surface area contributed by atoms with Crippen molar-refractivity contribution in [1.29, 1.82) is 0 Å². The minimum atomic E-state index is 0.166. The molecular weight excluding hydrogens is 208 g/mol. The van der Waals surface area contributed by atoms with Crippen LogP contribution in [-0.4, -0.2) is 18.1 Å². The van der Waals surface area contributed by atoms with Gasteiger partial charge in [-0.1, -0.05) is 6.07 Å². The number of benzene rings is 1. The van der Waals surface area contributed by atoms with Gasteiger partial charge in [0.2, 0.25) is 0 Å². The molecule has 1 aliphatic rings. The number of hydrogen-bond donors (Lipinski definition) is 1. The van der Waals surface area contributed by atoms with Gasteiger partial charge < -0.3 is 10.6 Å². The maximum atomic E-state index is 6.08. The van der Waals surface area contributed by atoms with Gasteiger partial charge >= 0.3 is 0 Å². The van der Waals surface area contributed by atoms with Gasteiger partial charge in [0.25, 0.3) is 0 Å². The minimum absolute atomic E-state index is 0.166. The van der Waals surface area contributed by atoms with Crippen LogP contribution in [0, 0.1) is 13.8 Å². The molecule has 1 fully saturated rings. The van der Waals surface area contributed by atoms with Crippen LogP contribution in [0.25, 0.3) is 0 Å². The molecular formula is C15H24N2. The van der Waals surface area contributed by atoms with Crippen LogP contribution in [0.4, 0.5) is 5.69 Å². The molecule has 1 atom stereocenters. The number of hydrogen-bond acceptors (Lipinski definition) is 2. The smallest absolute Gasteiger partial charge is 0.0373 e. The van der Waals surface area contributed by atoms with Crippen LogP contribution in [-0.2, 0) is 0 Å². The fourth-order valence-corrected chi connectivity index (χ4v) is 2.82. The molecule has 0 bridgehead atoms. The van der Waals surface area contributed by atoms with E-state index in [4.69, 9.17) is 5.73 Å². The van der Waals surface area contributed by atoms with Crippen molar-refractivity contribution in [1.82, 2.24) is 0 Å². The second-order valence-electron chi connectivity index (χ2n) is 5.99. The summed E-state index contributed by atoms with van der Waals surface area (Å²) in [5.74, 6) is 0. The molecule has 1 aliphatic heterocycles. The van der Waals surface area contributed by atoms with Gasteiger partial charge in [-0.2, -0.15) is 0 Å². The first-order valence-corrected chi connectivity index (χ1v) is 6.50. The molecule has 2 rings (SSSR count). The summed E-state index contributed by atoms with van der Waals surface area (Å²) in [6.45, 7) is 10.00. The minimum Gasteiger partial charge on any atom is -0.366 e. The molecule has 0 spiro atoms. The lowest BCUT2D eigenvalue weighted by Gasteiger charge is -2.46. The average Bonchev–Trinajstić information content (AvgIpc) is 2.21. The third kappa shape index (κ3) is 2.47. The Morgan fingerprint density at radius 1 is 1.24 bits per heavy atom. The van der Waals surface area contributed by atoms with Crippen molar-refractivity contribution in [2.24, 2.45) is 5.73 Å². The summed E-state index contributed by atoms with van der Waals surface area (Å²) in [5, 5.41) is 0. The molecule has 0 amide bonds. The van der Waals surface area contributed by atoms with E-state index in [9.17, 15) is 0 Å². The predicted molar refractivity (Wildman–Crippen MR) is 74.6 cm³/mol. The summed E-state index contributed by atoms with van der Waals surface area (Å²) in [7, 11) is 0. The lowest BCUT2D eigenvalue weighted by molar-refractivity contribution is 0.327. The van der Waals surface area contributed by atoms with Gasteiger partial charge in [0.15, 0.2) is 0 Å². The third-order valence-corrected chi connectivity index (χ3v) is 4.02. The van der Waals surface area contributed by atoms with E-state index in [0.717, 1.165) is 19.4 Å². The van der Waals surface area contributed by atoms with Crippen LogP contribution < -0.4 is 10.6 Å². The third-order valence-electron chi connectivity index (χ3n) is 4.02. The zero-order chi connectivity index (χ0) is 12.6. The van der Waals surface area contributed by atoms with Gasteiger partial charge in [-0.25, -0.2) is 0 Å². The van der Waals surface area contributed by atoms with Crippen molar-refractivity contribution in [3.8, 4) is 0 Å². The Labute approximate surface area is 105 Å². The van der Waals surface area contributed by atoms with Crippen molar-refractivity contribution in [2.75, 3.05) is 11.4 Å². The van der Waals surface area contributed by atoms with E-state index >= 15 is 0 Å². The number of aryl methyl sites for hydroxylation is 2. The Bertz CT molecular complexity index is 409. The van der Waals surface area contributed by atoms with Gasteiger partial charge in [-0.3, -0.25) is 0 Å². The van der Waals surface area contributed by atoms with Crippen LogP contribution in [0.2, 0.25) is 0 Å². The molecule has 1 unspecified atom stereocenters. The van der Waals surface area contributed by atoms with Gasteiger partial charge in [0.1, 0.15) is 0 Å². The summed E-state index contributed by atoms with van der Waals surface area (Å²) < 4.78 is 0. The Morgan fingerprint density at radius 3 is 2.53 bits per heavy atom. The van der Waals surface area contributed by atoms with Gasteiger partial charge in [0, 0.05) is 23.8 Å². The topological polar surface area (TPSA) is 29.3 Å². The Balaban J connectivity index is 2.29. The number of nitrogens with two attached hydrogens (primary N) is 1. The monoisotopic (exact) mass is 232 g/mol. The molecule has 0 radical (unpaired) electrons. The highest BCUT2D eigenvalue weighted by Crippen LogP contribution is 2.32. The van der Waals surface area contributed by atoms with E-state index in [2.05, 4.69) is 50.8 Å². The van der Waals surface area contributed by atoms with Crippen LogP contribution in [0.1, 0.15) is 37.8 Å². The second-order valence-corrected chi connectivity index (χ2v) is 5.99. The second kappa shape index (κ2) is 4.34. The first kappa shape index (κ1) is 12.4. The van der Waals surface area contributed by atoms with Crippen molar-refractivity contribution in [2.45, 2.75) is 52.1 Å². The van der Waals surface area contributed by atoms with Crippen molar-refractivity contribution in [3.05, 3.63) is 29.3 Å². The van der Waals surface area contributed by atoms with Crippen LogP contribution in [0.3, 0.4) is 0 Å². The zero-order valence-electron chi connectivity index (χ0n) is 11.5. The summed E-state index contributed by atoms with van der Waals surface area (Å²) in [6, 6.07) is 7.11. The molecule has 0 aromatic heterocycles. The largest absolute Gasteiger partial charge is 0.366 e. The zero-order valence-corrected chi connectivity index (χ0v) is 11.5. The van der Waals surface area contributed by atoms with E-state index in [1.807, 2.05) is 0 Å². The maximum Gasteiger partial charge on any atom is 0.0373 e. The molecule has 2 nitrogen and oxygen atoms in total. The summed E-state index contributed by atoms with van der Waals surface area (Å²) >= 11 is 0. The molecule has 94 valence electrons. The van der Waals surface area contributed by atoms with E-state index in [0.29, 0.717) is 6.04 Å². The quantitative estimate of drug-likeness (QED) is 0.806. The molecule has 17 heavy (non-hydrogen) atoms. The number of anilines is 1. The van der Waals surface area contributed by atoms with Gasteiger partial charge in [0.05, 0.1) is 0 Å². The molecule has 1 saturated heterocycles. The molecule has 1 heterocycles. The summed E-state index contributed by atoms with van der Waals surface area (Å²) in [6.07, 6.45) is 2.16. The summed E-state index contributed by atoms with van der Waals surface area (Å²) in [4.78, 5) is 2.50. The predicted octanol–water partition coefficient (Wildman–Crippen LogP) is 3.01. The Hall–Kier alpha value is -1.02. The highest BCUT2D eigenvalue weighted by molar-refractivity contribution is 5.53. The SMILES string of the molecule is Cc1ccc(N2CCC(N)CC2(C)C)cc1C. The van der Waals surface area contributed by atoms with E-state index in [-0.39, 0.29) is 5.54 Å². The number of nitrogens with zero attached hydrogens (tertiary/aromatic N) is 1. The first-order chi connectivity index (χ1) is 7.90. The van der Waals surface area contributed by atoms with Crippen molar-refractivity contribution >= 4 is 5.69 Å². The van der Waals surface area contributed by atoms with Gasteiger partial charge in [-0.05, 0) is 63.8 Å². The Morgan fingerprint density at radius 2 is 1.94 bits per heavy atom. The molecule has 2 N–H and O–H groups in total. The van der Waals surface area contributed by atoms with Crippen LogP contribution in [0.15, 0.2) is 18.2 Å². The van der Waals surface area contributed by atoms with E-state index < -0.39 is 0 Å². The number of rotatable bonds is 1. The fourth-order valence-electron chi connectivity index (χ4n) is 2.82. The van der Waals surface area contributed by atoms with Crippen molar-refractivity contribution < 1.29 is 0 Å². The highest BCUT2D eigenvalue weighted by Gasteiger charge is 2.33. The lowest BCUT2D eigenvalue weighted by atomic mass is 9.86.